The molecule has 0 spiro atoms. The Morgan fingerprint density at radius 2 is 1.30 bits per heavy atom. The van der Waals surface area contributed by atoms with Crippen LogP contribution in [0.25, 0.3) is 11.1 Å². The highest BCUT2D eigenvalue weighted by molar-refractivity contribution is 5.64. The summed E-state index contributed by atoms with van der Waals surface area (Å²) in [6.07, 6.45) is -4.61. The molecule has 0 atom stereocenters. The molecule has 0 bridgehead atoms. The molecule has 0 unspecified atom stereocenters. The summed E-state index contributed by atoms with van der Waals surface area (Å²) in [7, 11) is 0. The minimum atomic E-state index is -4.61. The summed E-state index contributed by atoms with van der Waals surface area (Å²) in [5.41, 5.74) is -0.371. The van der Waals surface area contributed by atoms with E-state index in [0.717, 1.165) is 23.8 Å². The summed E-state index contributed by atoms with van der Waals surface area (Å²) in [5, 5.41) is 0. The smallest absolute Gasteiger partial charge is 0.432 e. The van der Waals surface area contributed by atoms with Crippen molar-refractivity contribution < 1.29 is 35.8 Å². The lowest BCUT2D eigenvalue weighted by Crippen LogP contribution is -2.26. The Morgan fingerprint density at radius 3 is 1.87 bits per heavy atom. The molecule has 0 saturated heterocycles. The van der Waals surface area contributed by atoms with Crippen LogP contribution in [0.5, 0.6) is 11.5 Å². The Labute approximate surface area is 168 Å². The summed E-state index contributed by atoms with van der Waals surface area (Å²) < 4.78 is 94.8. The van der Waals surface area contributed by atoms with Gasteiger partial charge in [0, 0.05) is 0 Å². The van der Waals surface area contributed by atoms with E-state index >= 15 is 0 Å². The molecular formula is C22H16F6O2. The predicted octanol–water partition coefficient (Wildman–Crippen LogP) is 6.75. The van der Waals surface area contributed by atoms with Gasteiger partial charge >= 0.3 is 6.11 Å². The van der Waals surface area contributed by atoms with E-state index in [4.69, 9.17) is 4.74 Å². The summed E-state index contributed by atoms with van der Waals surface area (Å²) in [5.74, 6) is -8.24. The van der Waals surface area contributed by atoms with E-state index in [1.165, 1.54) is 6.92 Å². The molecule has 0 radical (unpaired) electrons. The third kappa shape index (κ3) is 4.22. The number of ether oxygens (including phenoxy) is 2. The number of hydrogen-bond donors (Lipinski definition) is 0. The minimum absolute atomic E-state index is 0.0104. The zero-order chi connectivity index (χ0) is 22.1. The van der Waals surface area contributed by atoms with Crippen molar-refractivity contribution in [2.24, 2.45) is 0 Å². The molecule has 3 aromatic carbocycles. The SMILES string of the molecule is CCOc1ccc(OC(F)(F)c2c(F)cc(-c3ccc(C)cc3)cc2F)c(F)c1F. The summed E-state index contributed by atoms with van der Waals surface area (Å²) >= 11 is 0. The summed E-state index contributed by atoms with van der Waals surface area (Å²) in [6, 6.07) is 9.55. The largest absolute Gasteiger partial charge is 0.491 e. The van der Waals surface area contributed by atoms with Crippen LogP contribution in [0.15, 0.2) is 48.5 Å². The molecule has 0 saturated carbocycles. The molecule has 0 amide bonds. The quantitative estimate of drug-likeness (QED) is 0.406. The van der Waals surface area contributed by atoms with Crippen molar-refractivity contribution in [3.8, 4) is 22.6 Å². The van der Waals surface area contributed by atoms with Gasteiger partial charge < -0.3 is 9.47 Å². The number of benzene rings is 3. The highest BCUT2D eigenvalue weighted by atomic mass is 19.3. The second-order valence-electron chi connectivity index (χ2n) is 6.42. The Hall–Kier alpha value is -3.16. The summed E-state index contributed by atoms with van der Waals surface area (Å²) in [6.45, 7) is 3.34. The first-order chi connectivity index (χ1) is 14.1. The fourth-order valence-electron chi connectivity index (χ4n) is 2.81. The molecule has 0 heterocycles. The monoisotopic (exact) mass is 426 g/mol. The third-order valence-corrected chi connectivity index (χ3v) is 4.27. The van der Waals surface area contributed by atoms with E-state index in [1.807, 2.05) is 6.92 Å². The first-order valence-corrected chi connectivity index (χ1v) is 8.88. The van der Waals surface area contributed by atoms with Gasteiger partial charge in [0.1, 0.15) is 17.2 Å². The maximum Gasteiger partial charge on any atom is 0.432 e. The maximum absolute atomic E-state index is 14.5. The van der Waals surface area contributed by atoms with E-state index < -0.39 is 46.4 Å². The lowest BCUT2D eigenvalue weighted by molar-refractivity contribution is -0.191. The molecule has 30 heavy (non-hydrogen) atoms. The molecule has 0 aromatic heterocycles. The molecule has 0 aliphatic carbocycles. The Bertz CT molecular complexity index is 1040. The Kier molecular flexibility index (Phi) is 5.96. The normalized spacial score (nSPS) is 11.5. The van der Waals surface area contributed by atoms with Gasteiger partial charge in [-0.15, -0.1) is 0 Å². The molecule has 0 N–H and O–H groups in total. The molecule has 3 aromatic rings. The zero-order valence-electron chi connectivity index (χ0n) is 15.9. The van der Waals surface area contributed by atoms with Crippen LogP contribution in [0.2, 0.25) is 0 Å². The molecule has 2 nitrogen and oxygen atoms in total. The topological polar surface area (TPSA) is 18.5 Å². The van der Waals surface area contributed by atoms with Gasteiger partial charge in [0.25, 0.3) is 0 Å². The molecule has 0 aliphatic heterocycles. The van der Waals surface area contributed by atoms with Crippen molar-refractivity contribution >= 4 is 0 Å². The fourth-order valence-corrected chi connectivity index (χ4v) is 2.81. The van der Waals surface area contributed by atoms with Crippen molar-refractivity contribution in [2.45, 2.75) is 20.0 Å². The van der Waals surface area contributed by atoms with E-state index in [1.54, 1.807) is 24.3 Å². The lowest BCUT2D eigenvalue weighted by Gasteiger charge is -2.20. The number of rotatable bonds is 6. The van der Waals surface area contributed by atoms with Crippen LogP contribution in [-0.2, 0) is 6.11 Å². The number of halogens is 6. The first-order valence-electron chi connectivity index (χ1n) is 8.88. The number of aryl methyl sites for hydroxylation is 1. The highest BCUT2D eigenvalue weighted by Crippen LogP contribution is 2.39. The average molecular weight is 426 g/mol. The predicted molar refractivity (Wildman–Crippen MR) is 98.6 cm³/mol. The average Bonchev–Trinajstić information content (AvgIpc) is 2.67. The standard InChI is InChI=1S/C22H16F6O2/c1-3-29-17-8-9-18(21(26)20(17)25)30-22(27,28)19-15(23)10-14(11-16(19)24)13-6-4-12(2)5-7-13/h4-11H,3H2,1-2H3. The van der Waals surface area contributed by atoms with Crippen molar-refractivity contribution in [3.63, 3.8) is 0 Å². The van der Waals surface area contributed by atoms with E-state index in [2.05, 4.69) is 4.74 Å². The minimum Gasteiger partial charge on any atom is -0.491 e. The molecule has 0 fully saturated rings. The van der Waals surface area contributed by atoms with Gasteiger partial charge in [-0.2, -0.15) is 17.6 Å². The van der Waals surface area contributed by atoms with E-state index in [-0.39, 0.29) is 12.2 Å². The Morgan fingerprint density at radius 1 is 0.767 bits per heavy atom. The third-order valence-electron chi connectivity index (χ3n) is 4.27. The van der Waals surface area contributed by atoms with Crippen molar-refractivity contribution in [3.05, 3.63) is 82.9 Å². The number of hydrogen-bond acceptors (Lipinski definition) is 2. The van der Waals surface area contributed by atoms with Crippen LogP contribution in [0.3, 0.4) is 0 Å². The van der Waals surface area contributed by atoms with Gasteiger partial charge in [0.05, 0.1) is 6.61 Å². The lowest BCUT2D eigenvalue weighted by atomic mass is 10.0. The van der Waals surface area contributed by atoms with Crippen LogP contribution < -0.4 is 9.47 Å². The van der Waals surface area contributed by atoms with E-state index in [0.29, 0.717) is 11.6 Å². The van der Waals surface area contributed by atoms with Crippen molar-refractivity contribution in [1.29, 1.82) is 0 Å². The van der Waals surface area contributed by atoms with Gasteiger partial charge in [0.2, 0.25) is 11.6 Å². The second kappa shape index (κ2) is 8.30. The maximum atomic E-state index is 14.5. The van der Waals surface area contributed by atoms with Crippen LogP contribution in [0.4, 0.5) is 26.3 Å². The number of alkyl halides is 2. The highest BCUT2D eigenvalue weighted by Gasteiger charge is 2.42. The van der Waals surface area contributed by atoms with Crippen molar-refractivity contribution in [1.82, 2.24) is 0 Å². The fraction of sp³-hybridized carbons (Fsp3) is 0.182. The molecular weight excluding hydrogens is 410 g/mol. The van der Waals surface area contributed by atoms with Crippen LogP contribution >= 0.6 is 0 Å². The van der Waals surface area contributed by atoms with Gasteiger partial charge in [-0.1, -0.05) is 29.8 Å². The molecule has 3 rings (SSSR count). The van der Waals surface area contributed by atoms with Gasteiger partial charge in [-0.05, 0) is 49.2 Å². The molecule has 158 valence electrons. The van der Waals surface area contributed by atoms with Crippen molar-refractivity contribution in [2.75, 3.05) is 6.61 Å². The first kappa shape index (κ1) is 21.5. The zero-order valence-corrected chi connectivity index (χ0v) is 15.9. The molecule has 0 aliphatic rings. The second-order valence-corrected chi connectivity index (χ2v) is 6.42. The van der Waals surface area contributed by atoms with Gasteiger partial charge in [-0.25, -0.2) is 8.78 Å². The van der Waals surface area contributed by atoms with Crippen LogP contribution in [0.1, 0.15) is 18.1 Å². The van der Waals surface area contributed by atoms with Crippen LogP contribution in [0, 0.1) is 30.2 Å². The van der Waals surface area contributed by atoms with Gasteiger partial charge in [0.15, 0.2) is 11.5 Å². The Balaban J connectivity index is 1.96. The van der Waals surface area contributed by atoms with Crippen LogP contribution in [-0.4, -0.2) is 6.61 Å². The summed E-state index contributed by atoms with van der Waals surface area (Å²) in [4.78, 5) is 0. The van der Waals surface area contributed by atoms with E-state index in [9.17, 15) is 26.3 Å². The molecule has 8 heteroatoms. The van der Waals surface area contributed by atoms with Gasteiger partial charge in [-0.3, -0.25) is 0 Å².